The minimum Gasteiger partial charge on any atom is -0.349 e. The first-order valence-corrected chi connectivity index (χ1v) is 10.4. The summed E-state index contributed by atoms with van der Waals surface area (Å²) in [6, 6.07) is 15.6. The van der Waals surface area contributed by atoms with E-state index < -0.39 is 0 Å². The molecule has 4 rings (SSSR count). The van der Waals surface area contributed by atoms with Crippen molar-refractivity contribution in [3.05, 3.63) is 72.3 Å². The average Bonchev–Trinajstić information content (AvgIpc) is 3.03. The lowest BCUT2D eigenvalue weighted by Crippen LogP contribution is -2.34. The molecule has 1 aliphatic carbocycles. The van der Waals surface area contributed by atoms with Gasteiger partial charge in [0.25, 0.3) is 5.91 Å². The van der Waals surface area contributed by atoms with E-state index in [1.54, 1.807) is 18.2 Å². The minimum atomic E-state index is -0.287. The van der Waals surface area contributed by atoms with Crippen LogP contribution in [0.3, 0.4) is 0 Å². The average molecular weight is 404 g/mol. The van der Waals surface area contributed by atoms with E-state index in [0.717, 1.165) is 24.1 Å². The molecule has 0 spiro atoms. The molecule has 0 atom stereocenters. The molecule has 1 heterocycles. The van der Waals surface area contributed by atoms with Crippen LogP contribution in [0, 0.1) is 5.82 Å². The SMILES string of the molecule is O=C(NC1CCCCCC1)c1cccc(Nc2cc(-c3ccc(F)cc3)ncn2)c1. The largest absolute Gasteiger partial charge is 0.349 e. The first-order valence-electron chi connectivity index (χ1n) is 10.4. The van der Waals surface area contributed by atoms with Crippen LogP contribution < -0.4 is 10.6 Å². The smallest absolute Gasteiger partial charge is 0.251 e. The third-order valence-electron chi connectivity index (χ3n) is 5.39. The fourth-order valence-corrected chi connectivity index (χ4v) is 3.78. The Bertz CT molecular complexity index is 998. The molecule has 1 aliphatic rings. The Morgan fingerprint density at radius 3 is 2.47 bits per heavy atom. The molecule has 5 nitrogen and oxygen atoms in total. The molecule has 2 aromatic carbocycles. The van der Waals surface area contributed by atoms with E-state index >= 15 is 0 Å². The van der Waals surface area contributed by atoms with Gasteiger partial charge >= 0.3 is 0 Å². The summed E-state index contributed by atoms with van der Waals surface area (Å²) in [7, 11) is 0. The van der Waals surface area contributed by atoms with Crippen molar-refractivity contribution in [2.75, 3.05) is 5.32 Å². The third-order valence-corrected chi connectivity index (χ3v) is 5.39. The van der Waals surface area contributed by atoms with Crippen LogP contribution in [0.1, 0.15) is 48.9 Å². The van der Waals surface area contributed by atoms with Crippen LogP contribution in [0.25, 0.3) is 11.3 Å². The lowest BCUT2D eigenvalue weighted by molar-refractivity contribution is 0.0933. The second-order valence-corrected chi connectivity index (χ2v) is 7.66. The van der Waals surface area contributed by atoms with Gasteiger partial charge in [-0.3, -0.25) is 4.79 Å². The molecule has 3 aromatic rings. The van der Waals surface area contributed by atoms with Gasteiger partial charge in [-0.05, 0) is 55.3 Å². The molecule has 1 aromatic heterocycles. The maximum absolute atomic E-state index is 13.2. The fraction of sp³-hybridized carbons (Fsp3) is 0.292. The van der Waals surface area contributed by atoms with E-state index in [1.165, 1.54) is 44.1 Å². The second-order valence-electron chi connectivity index (χ2n) is 7.66. The molecule has 0 aliphatic heterocycles. The lowest BCUT2D eigenvalue weighted by atomic mass is 10.1. The van der Waals surface area contributed by atoms with Crippen LogP contribution in [-0.2, 0) is 0 Å². The van der Waals surface area contributed by atoms with E-state index in [-0.39, 0.29) is 17.8 Å². The molecule has 1 amide bonds. The Hall–Kier alpha value is -3.28. The Morgan fingerprint density at radius 1 is 0.933 bits per heavy atom. The number of nitrogens with one attached hydrogen (secondary N) is 2. The number of hydrogen-bond donors (Lipinski definition) is 2. The van der Waals surface area contributed by atoms with E-state index in [2.05, 4.69) is 20.6 Å². The van der Waals surface area contributed by atoms with Gasteiger partial charge in [-0.2, -0.15) is 0 Å². The Balaban J connectivity index is 1.46. The molecule has 0 radical (unpaired) electrons. The quantitative estimate of drug-likeness (QED) is 0.553. The van der Waals surface area contributed by atoms with Crippen molar-refractivity contribution in [3.8, 4) is 11.3 Å². The number of carbonyl (C=O) groups excluding carboxylic acids is 1. The summed E-state index contributed by atoms with van der Waals surface area (Å²) in [4.78, 5) is 21.2. The topological polar surface area (TPSA) is 66.9 Å². The summed E-state index contributed by atoms with van der Waals surface area (Å²) in [5, 5.41) is 6.41. The molecule has 6 heteroatoms. The Labute approximate surface area is 175 Å². The van der Waals surface area contributed by atoms with Gasteiger partial charge in [0, 0.05) is 28.9 Å². The van der Waals surface area contributed by atoms with Crippen LogP contribution in [0.2, 0.25) is 0 Å². The number of anilines is 2. The third kappa shape index (κ3) is 5.20. The van der Waals surface area contributed by atoms with Crippen LogP contribution >= 0.6 is 0 Å². The summed E-state index contributed by atoms with van der Waals surface area (Å²) >= 11 is 0. The van der Waals surface area contributed by atoms with Crippen molar-refractivity contribution in [1.29, 1.82) is 0 Å². The zero-order valence-corrected chi connectivity index (χ0v) is 16.8. The summed E-state index contributed by atoms with van der Waals surface area (Å²) in [5.74, 6) is 0.274. The molecule has 1 saturated carbocycles. The van der Waals surface area contributed by atoms with Crippen molar-refractivity contribution in [1.82, 2.24) is 15.3 Å². The maximum Gasteiger partial charge on any atom is 0.251 e. The second kappa shape index (κ2) is 9.48. The van der Waals surface area contributed by atoms with Gasteiger partial charge in [-0.1, -0.05) is 31.7 Å². The number of aromatic nitrogens is 2. The summed E-state index contributed by atoms with van der Waals surface area (Å²) in [5.41, 5.74) is 2.89. The first kappa shape index (κ1) is 20.0. The molecule has 0 saturated heterocycles. The highest BCUT2D eigenvalue weighted by atomic mass is 19.1. The van der Waals surface area contributed by atoms with Crippen molar-refractivity contribution in [3.63, 3.8) is 0 Å². The van der Waals surface area contributed by atoms with Gasteiger partial charge in [0.05, 0.1) is 5.69 Å². The fourth-order valence-electron chi connectivity index (χ4n) is 3.78. The van der Waals surface area contributed by atoms with Crippen molar-refractivity contribution in [2.45, 2.75) is 44.6 Å². The Morgan fingerprint density at radius 2 is 1.70 bits per heavy atom. The Kier molecular flexibility index (Phi) is 6.32. The van der Waals surface area contributed by atoms with E-state index in [0.29, 0.717) is 17.1 Å². The highest BCUT2D eigenvalue weighted by Crippen LogP contribution is 2.22. The number of halogens is 1. The summed E-state index contributed by atoms with van der Waals surface area (Å²) in [6.07, 6.45) is 8.43. The molecular weight excluding hydrogens is 379 g/mol. The number of hydrogen-bond acceptors (Lipinski definition) is 4. The lowest BCUT2D eigenvalue weighted by Gasteiger charge is -2.16. The zero-order chi connectivity index (χ0) is 20.8. The van der Waals surface area contributed by atoms with Crippen molar-refractivity contribution < 1.29 is 9.18 Å². The van der Waals surface area contributed by atoms with Gasteiger partial charge in [0.2, 0.25) is 0 Å². The van der Waals surface area contributed by atoms with Crippen LogP contribution in [0.15, 0.2) is 60.9 Å². The van der Waals surface area contributed by atoms with Gasteiger partial charge in [-0.15, -0.1) is 0 Å². The number of benzene rings is 2. The molecule has 0 unspecified atom stereocenters. The monoisotopic (exact) mass is 404 g/mol. The molecule has 0 bridgehead atoms. The predicted octanol–water partition coefficient (Wildman–Crippen LogP) is 5.48. The van der Waals surface area contributed by atoms with Gasteiger partial charge in [0.15, 0.2) is 0 Å². The summed E-state index contributed by atoms with van der Waals surface area (Å²) in [6.45, 7) is 0. The standard InChI is InChI=1S/C24H25FN4O/c25-19-12-10-17(11-13-19)22-15-23(27-16-26-22)28-21-9-5-6-18(14-21)24(30)29-20-7-3-1-2-4-8-20/h5-6,9-16,20H,1-4,7-8H2,(H,29,30)(H,26,27,28). The molecule has 1 fully saturated rings. The van der Waals surface area contributed by atoms with Crippen molar-refractivity contribution >= 4 is 17.4 Å². The normalized spacial score (nSPS) is 14.7. The number of rotatable bonds is 5. The van der Waals surface area contributed by atoms with Crippen LogP contribution in [-0.4, -0.2) is 21.9 Å². The van der Waals surface area contributed by atoms with E-state index in [4.69, 9.17) is 0 Å². The first-order chi connectivity index (χ1) is 14.7. The predicted molar refractivity (Wildman–Crippen MR) is 116 cm³/mol. The van der Waals surface area contributed by atoms with Crippen LogP contribution in [0.4, 0.5) is 15.9 Å². The highest BCUT2D eigenvalue weighted by molar-refractivity contribution is 5.95. The molecule has 30 heavy (non-hydrogen) atoms. The van der Waals surface area contributed by atoms with Gasteiger partial charge < -0.3 is 10.6 Å². The minimum absolute atomic E-state index is 0.0414. The van der Waals surface area contributed by atoms with Gasteiger partial charge in [-0.25, -0.2) is 14.4 Å². The van der Waals surface area contributed by atoms with E-state index in [1.807, 2.05) is 24.3 Å². The van der Waals surface area contributed by atoms with Gasteiger partial charge in [0.1, 0.15) is 18.0 Å². The number of carbonyl (C=O) groups is 1. The molecule has 154 valence electrons. The highest BCUT2D eigenvalue weighted by Gasteiger charge is 2.16. The van der Waals surface area contributed by atoms with E-state index in [9.17, 15) is 9.18 Å². The zero-order valence-electron chi connectivity index (χ0n) is 16.8. The summed E-state index contributed by atoms with van der Waals surface area (Å²) < 4.78 is 13.2. The molecular formula is C24H25FN4O. The van der Waals surface area contributed by atoms with Crippen LogP contribution in [0.5, 0.6) is 0 Å². The maximum atomic E-state index is 13.2. The number of nitrogens with zero attached hydrogens (tertiary/aromatic N) is 2. The number of amides is 1. The molecule has 2 N–H and O–H groups in total. The van der Waals surface area contributed by atoms with Crippen molar-refractivity contribution in [2.24, 2.45) is 0 Å².